The minimum absolute atomic E-state index is 0.00854. The van der Waals surface area contributed by atoms with Crippen molar-refractivity contribution in [3.8, 4) is 11.1 Å². The predicted octanol–water partition coefficient (Wildman–Crippen LogP) is 8.36. The van der Waals surface area contributed by atoms with E-state index in [9.17, 15) is 4.79 Å². The monoisotopic (exact) mass is 514 g/mol. The molecule has 0 aliphatic heterocycles. The van der Waals surface area contributed by atoms with Gasteiger partial charge in [-0.15, -0.1) is 0 Å². The van der Waals surface area contributed by atoms with Gasteiger partial charge < -0.3 is 0 Å². The first-order chi connectivity index (χ1) is 19.6. The third-order valence-electron chi connectivity index (χ3n) is 8.64. The average Bonchev–Trinajstić information content (AvgIpc) is 3.42. The van der Waals surface area contributed by atoms with Crippen LogP contribution < -0.4 is 5.56 Å². The molecule has 40 heavy (non-hydrogen) atoms. The van der Waals surface area contributed by atoms with Crippen LogP contribution in [-0.4, -0.2) is 9.38 Å². The van der Waals surface area contributed by atoms with Crippen molar-refractivity contribution < 1.29 is 0 Å². The Hall–Kier alpha value is -5.02. The second-order valence-corrected chi connectivity index (χ2v) is 11.0. The van der Waals surface area contributed by atoms with E-state index in [1.54, 1.807) is 0 Å². The van der Waals surface area contributed by atoms with Gasteiger partial charge in [-0.3, -0.25) is 9.20 Å². The van der Waals surface area contributed by atoms with Crippen molar-refractivity contribution in [2.75, 3.05) is 0 Å². The molecule has 1 aliphatic rings. The Labute approximate surface area is 232 Å². The Kier molecular flexibility index (Phi) is 4.86. The zero-order chi connectivity index (χ0) is 26.8. The summed E-state index contributed by atoms with van der Waals surface area (Å²) in [5.41, 5.74) is 7.97. The van der Waals surface area contributed by atoms with E-state index in [4.69, 9.17) is 4.98 Å². The lowest BCUT2D eigenvalue weighted by molar-refractivity contribution is 0.556. The maximum absolute atomic E-state index is 14.4. The Morgan fingerprint density at radius 3 is 2.05 bits per heavy atom. The fraction of sp³-hybridized carbons (Fsp3) is 0.0811. The zero-order valence-electron chi connectivity index (χ0n) is 22.1. The Balaban J connectivity index is 1.50. The molecule has 0 saturated carbocycles. The number of fused-ring (bicyclic) bond motifs is 4. The highest BCUT2D eigenvalue weighted by Crippen LogP contribution is 2.47. The number of imidazole rings is 1. The predicted molar refractivity (Wildman–Crippen MR) is 165 cm³/mol. The van der Waals surface area contributed by atoms with Crippen LogP contribution in [0.15, 0.2) is 126 Å². The Bertz CT molecular complexity index is 2140. The van der Waals surface area contributed by atoms with Crippen molar-refractivity contribution in [1.82, 2.24) is 9.38 Å². The molecule has 0 spiro atoms. The molecule has 3 nitrogen and oxygen atoms in total. The molecule has 0 amide bonds. The van der Waals surface area contributed by atoms with Gasteiger partial charge in [0.1, 0.15) is 5.65 Å². The summed E-state index contributed by atoms with van der Waals surface area (Å²) in [5.74, 6) is 0. The van der Waals surface area contributed by atoms with Gasteiger partial charge in [0.2, 0.25) is 0 Å². The lowest BCUT2D eigenvalue weighted by atomic mass is 9.70. The van der Waals surface area contributed by atoms with Gasteiger partial charge in [0.15, 0.2) is 0 Å². The van der Waals surface area contributed by atoms with Crippen LogP contribution >= 0.6 is 0 Å². The third kappa shape index (κ3) is 3.18. The Morgan fingerprint density at radius 2 is 1.32 bits per heavy atom. The average molecular weight is 515 g/mol. The number of allylic oxidation sites excluding steroid dienone is 1. The van der Waals surface area contributed by atoms with E-state index < -0.39 is 5.41 Å². The summed E-state index contributed by atoms with van der Waals surface area (Å²) >= 11 is 0. The van der Waals surface area contributed by atoms with Crippen LogP contribution in [0.3, 0.4) is 0 Å². The van der Waals surface area contributed by atoms with Crippen molar-refractivity contribution in [3.63, 3.8) is 0 Å². The van der Waals surface area contributed by atoms with Crippen LogP contribution in [0.2, 0.25) is 0 Å². The molecule has 2 heterocycles. The highest BCUT2D eigenvalue weighted by Gasteiger charge is 2.39. The molecule has 3 heteroatoms. The summed E-state index contributed by atoms with van der Waals surface area (Å²) in [6.07, 6.45) is 2.96. The van der Waals surface area contributed by atoms with Crippen molar-refractivity contribution >= 4 is 38.8 Å². The number of rotatable bonds is 3. The SMILES string of the molecule is CC1(c2ccccc2)CC(c2ccccc2)=Cc2nc3c4cccc5c(-c6ccccc6)ccc(c(=O)n3c21)c54. The number of nitrogens with zero attached hydrogens (tertiary/aromatic N) is 2. The number of aromatic nitrogens is 2. The van der Waals surface area contributed by atoms with Gasteiger partial charge in [-0.25, -0.2) is 4.98 Å². The molecule has 1 aliphatic carbocycles. The smallest absolute Gasteiger partial charge is 0.264 e. The fourth-order valence-electron chi connectivity index (χ4n) is 6.77. The summed E-state index contributed by atoms with van der Waals surface area (Å²) < 4.78 is 1.90. The molecule has 5 aromatic carbocycles. The first-order valence-corrected chi connectivity index (χ1v) is 13.7. The van der Waals surface area contributed by atoms with E-state index in [2.05, 4.69) is 110 Å². The molecule has 0 N–H and O–H groups in total. The summed E-state index contributed by atoms with van der Waals surface area (Å²) in [5, 5.41) is 3.79. The molecule has 0 bridgehead atoms. The van der Waals surface area contributed by atoms with Crippen LogP contribution in [-0.2, 0) is 5.41 Å². The molecule has 8 rings (SSSR count). The molecule has 2 aromatic heterocycles. The van der Waals surface area contributed by atoms with E-state index in [1.807, 2.05) is 28.7 Å². The number of hydrogen-bond acceptors (Lipinski definition) is 2. The van der Waals surface area contributed by atoms with Crippen molar-refractivity contribution in [2.45, 2.75) is 18.8 Å². The van der Waals surface area contributed by atoms with Gasteiger partial charge in [0, 0.05) is 21.6 Å². The maximum atomic E-state index is 14.4. The molecular weight excluding hydrogens is 488 g/mol. The van der Waals surface area contributed by atoms with E-state index in [1.165, 1.54) is 16.7 Å². The normalized spacial score (nSPS) is 16.9. The number of hydrogen-bond donors (Lipinski definition) is 0. The highest BCUT2D eigenvalue weighted by atomic mass is 16.1. The van der Waals surface area contributed by atoms with Crippen LogP contribution in [0.1, 0.15) is 35.9 Å². The summed E-state index contributed by atoms with van der Waals surface area (Å²) in [6, 6.07) is 41.9. The van der Waals surface area contributed by atoms with E-state index in [0.29, 0.717) is 0 Å². The van der Waals surface area contributed by atoms with Gasteiger partial charge in [-0.2, -0.15) is 0 Å². The van der Waals surface area contributed by atoms with Gasteiger partial charge in [0.05, 0.1) is 11.4 Å². The maximum Gasteiger partial charge on any atom is 0.264 e. The second kappa shape index (κ2) is 8.49. The quantitative estimate of drug-likeness (QED) is 0.237. The number of pyridine rings is 1. The van der Waals surface area contributed by atoms with E-state index in [-0.39, 0.29) is 5.56 Å². The molecule has 190 valence electrons. The fourth-order valence-corrected chi connectivity index (χ4v) is 6.77. The lowest BCUT2D eigenvalue weighted by Crippen LogP contribution is -2.32. The first-order valence-electron chi connectivity index (χ1n) is 13.7. The van der Waals surface area contributed by atoms with E-state index >= 15 is 0 Å². The van der Waals surface area contributed by atoms with Gasteiger partial charge >= 0.3 is 0 Å². The van der Waals surface area contributed by atoms with Crippen LogP contribution in [0.4, 0.5) is 0 Å². The lowest BCUT2D eigenvalue weighted by Gasteiger charge is -2.35. The largest absolute Gasteiger partial charge is 0.268 e. The molecule has 1 atom stereocenters. The molecule has 0 fully saturated rings. The molecule has 7 aromatic rings. The minimum atomic E-state index is -0.438. The van der Waals surface area contributed by atoms with Gasteiger partial charge in [-0.1, -0.05) is 115 Å². The topological polar surface area (TPSA) is 34.4 Å². The molecule has 1 unspecified atom stereocenters. The van der Waals surface area contributed by atoms with Crippen molar-refractivity contribution in [3.05, 3.63) is 154 Å². The van der Waals surface area contributed by atoms with Crippen LogP contribution in [0.25, 0.3) is 50.0 Å². The van der Waals surface area contributed by atoms with Crippen molar-refractivity contribution in [1.29, 1.82) is 0 Å². The van der Waals surface area contributed by atoms with Crippen LogP contribution in [0.5, 0.6) is 0 Å². The molecule has 0 radical (unpaired) electrons. The van der Waals surface area contributed by atoms with Gasteiger partial charge in [-0.05, 0) is 58.7 Å². The molecule has 0 saturated heterocycles. The minimum Gasteiger partial charge on any atom is -0.268 e. The summed E-state index contributed by atoms with van der Waals surface area (Å²) in [7, 11) is 0. The zero-order valence-corrected chi connectivity index (χ0v) is 22.1. The summed E-state index contributed by atoms with van der Waals surface area (Å²) in [4.78, 5) is 19.7. The van der Waals surface area contributed by atoms with Crippen molar-refractivity contribution in [2.24, 2.45) is 0 Å². The first kappa shape index (κ1) is 22.9. The Morgan fingerprint density at radius 1 is 0.675 bits per heavy atom. The second-order valence-electron chi connectivity index (χ2n) is 11.0. The van der Waals surface area contributed by atoms with Gasteiger partial charge in [0.25, 0.3) is 5.56 Å². The third-order valence-corrected chi connectivity index (χ3v) is 8.64. The summed E-state index contributed by atoms with van der Waals surface area (Å²) in [6.45, 7) is 2.26. The van der Waals surface area contributed by atoms with Crippen LogP contribution in [0, 0.1) is 0 Å². The standard InChI is InChI=1S/C37H26N2O/c1-37(27-16-9-4-10-17-27)23-26(24-12-5-2-6-13-24)22-32-34(37)39-35(38-32)30-19-11-18-29-28(25-14-7-3-8-15-25)20-21-31(33(29)30)36(39)40/h2-22H,23H2,1H3. The number of benzene rings is 5. The van der Waals surface area contributed by atoms with E-state index in [0.717, 1.165) is 56.1 Å². The molecular formula is C37H26N2O. The highest BCUT2D eigenvalue weighted by molar-refractivity contribution is 6.18.